The molecule has 3 heterocycles. The average molecular weight is 461 g/mol. The highest BCUT2D eigenvalue weighted by molar-refractivity contribution is 8.26. The molecule has 0 unspecified atom stereocenters. The second-order valence-corrected chi connectivity index (χ2v) is 8.72. The van der Waals surface area contributed by atoms with Crippen LogP contribution >= 0.6 is 24.0 Å². The van der Waals surface area contributed by atoms with Crippen molar-refractivity contribution >= 4 is 46.2 Å². The van der Waals surface area contributed by atoms with Gasteiger partial charge < -0.3 is 23.5 Å². The summed E-state index contributed by atoms with van der Waals surface area (Å²) in [5.74, 6) is 2.68. The molecule has 0 spiro atoms. The Morgan fingerprint density at radius 1 is 1.13 bits per heavy atom. The van der Waals surface area contributed by atoms with Crippen LogP contribution in [0.5, 0.6) is 11.5 Å². The van der Waals surface area contributed by atoms with E-state index in [9.17, 15) is 4.79 Å². The summed E-state index contributed by atoms with van der Waals surface area (Å²) < 4.78 is 22.5. The highest BCUT2D eigenvalue weighted by Crippen LogP contribution is 2.34. The Bertz CT molecular complexity index is 998. The minimum absolute atomic E-state index is 0.0974. The quantitative estimate of drug-likeness (QED) is 0.459. The average Bonchev–Trinajstić information content (AvgIpc) is 3.37. The molecule has 1 amide bonds. The summed E-state index contributed by atoms with van der Waals surface area (Å²) in [6.07, 6.45) is 2.42. The SMILES string of the molecule is COc1ccc(CCN2C(=O)C(=Cc3ccc(N4CCOCC4)o3)SC2=S)cc1OC. The Morgan fingerprint density at radius 2 is 1.90 bits per heavy atom. The van der Waals surface area contributed by atoms with Crippen molar-refractivity contribution in [1.29, 1.82) is 0 Å². The molecule has 4 rings (SSSR count). The van der Waals surface area contributed by atoms with Crippen molar-refractivity contribution in [2.24, 2.45) is 0 Å². The van der Waals surface area contributed by atoms with E-state index in [1.807, 2.05) is 30.3 Å². The number of morpholine rings is 1. The number of furan rings is 1. The van der Waals surface area contributed by atoms with E-state index in [0.717, 1.165) is 24.5 Å². The lowest BCUT2D eigenvalue weighted by molar-refractivity contribution is -0.122. The monoisotopic (exact) mass is 460 g/mol. The smallest absolute Gasteiger partial charge is 0.266 e. The van der Waals surface area contributed by atoms with Gasteiger partial charge in [0.1, 0.15) is 10.1 Å². The Morgan fingerprint density at radius 3 is 2.65 bits per heavy atom. The minimum atomic E-state index is -0.0974. The molecular weight excluding hydrogens is 436 g/mol. The first-order valence-electron chi connectivity index (χ1n) is 9.98. The van der Waals surface area contributed by atoms with E-state index in [-0.39, 0.29) is 5.91 Å². The zero-order chi connectivity index (χ0) is 21.8. The van der Waals surface area contributed by atoms with Crippen LogP contribution in [0.2, 0.25) is 0 Å². The molecule has 2 saturated heterocycles. The molecule has 1 aromatic heterocycles. The van der Waals surface area contributed by atoms with Crippen LogP contribution in [0, 0.1) is 0 Å². The Labute approximate surface area is 190 Å². The molecule has 1 aromatic carbocycles. The third kappa shape index (κ3) is 4.89. The number of hydrogen-bond acceptors (Lipinski definition) is 8. The molecule has 0 saturated carbocycles. The lowest BCUT2D eigenvalue weighted by Crippen LogP contribution is -2.35. The third-order valence-electron chi connectivity index (χ3n) is 5.15. The normalized spacial score (nSPS) is 18.2. The maximum Gasteiger partial charge on any atom is 0.266 e. The van der Waals surface area contributed by atoms with Crippen LogP contribution in [0.1, 0.15) is 11.3 Å². The van der Waals surface area contributed by atoms with Gasteiger partial charge in [0.05, 0.1) is 32.3 Å². The predicted octanol–water partition coefficient (Wildman–Crippen LogP) is 3.58. The third-order valence-corrected chi connectivity index (χ3v) is 6.53. The summed E-state index contributed by atoms with van der Waals surface area (Å²) in [5.41, 5.74) is 1.04. The summed E-state index contributed by atoms with van der Waals surface area (Å²) in [5, 5.41) is 0. The molecule has 2 aliphatic heterocycles. The van der Waals surface area contributed by atoms with E-state index in [1.54, 1.807) is 25.2 Å². The standard InChI is InChI=1S/C22H24N2O5S2/c1-26-17-5-3-15(13-18(17)27-2)7-8-24-21(25)19(31-22(24)30)14-16-4-6-20(29-16)23-9-11-28-12-10-23/h3-6,13-14H,7-12H2,1-2H3. The van der Waals surface area contributed by atoms with Gasteiger partial charge in [0.25, 0.3) is 5.91 Å². The largest absolute Gasteiger partial charge is 0.493 e. The van der Waals surface area contributed by atoms with Crippen LogP contribution in [-0.4, -0.2) is 62.2 Å². The summed E-state index contributed by atoms with van der Waals surface area (Å²) in [4.78, 5) is 17.2. The van der Waals surface area contributed by atoms with Crippen molar-refractivity contribution in [2.45, 2.75) is 6.42 Å². The topological polar surface area (TPSA) is 64.4 Å². The predicted molar refractivity (Wildman–Crippen MR) is 125 cm³/mol. The Hall–Kier alpha value is -2.49. The molecule has 7 nitrogen and oxygen atoms in total. The van der Waals surface area contributed by atoms with Gasteiger partial charge in [0.15, 0.2) is 17.4 Å². The first kappa shape index (κ1) is 21.7. The van der Waals surface area contributed by atoms with Gasteiger partial charge in [0, 0.05) is 31.8 Å². The van der Waals surface area contributed by atoms with Gasteiger partial charge >= 0.3 is 0 Å². The van der Waals surface area contributed by atoms with Crippen molar-refractivity contribution in [3.63, 3.8) is 0 Å². The van der Waals surface area contributed by atoms with Gasteiger partial charge in [-0.1, -0.05) is 30.0 Å². The number of carbonyl (C=O) groups excluding carboxylic acids is 1. The summed E-state index contributed by atoms with van der Waals surface area (Å²) in [7, 11) is 3.21. The van der Waals surface area contributed by atoms with E-state index in [1.165, 1.54) is 11.8 Å². The van der Waals surface area contributed by atoms with Crippen molar-refractivity contribution in [2.75, 3.05) is 52.0 Å². The second kappa shape index (κ2) is 9.76. The highest BCUT2D eigenvalue weighted by atomic mass is 32.2. The van der Waals surface area contributed by atoms with Crippen LogP contribution in [0.4, 0.5) is 5.88 Å². The zero-order valence-corrected chi connectivity index (χ0v) is 19.1. The highest BCUT2D eigenvalue weighted by Gasteiger charge is 2.32. The van der Waals surface area contributed by atoms with Crippen molar-refractivity contribution < 1.29 is 23.4 Å². The van der Waals surface area contributed by atoms with E-state index in [4.69, 9.17) is 30.8 Å². The fourth-order valence-corrected chi connectivity index (χ4v) is 4.76. The second-order valence-electron chi connectivity index (χ2n) is 7.05. The number of thioether (sulfide) groups is 1. The number of amides is 1. The maximum atomic E-state index is 12.9. The first-order chi connectivity index (χ1) is 15.1. The first-order valence-corrected chi connectivity index (χ1v) is 11.2. The van der Waals surface area contributed by atoms with Gasteiger partial charge in [-0.2, -0.15) is 0 Å². The van der Waals surface area contributed by atoms with E-state index < -0.39 is 0 Å². The van der Waals surface area contributed by atoms with E-state index >= 15 is 0 Å². The van der Waals surface area contributed by atoms with Gasteiger partial charge in [-0.25, -0.2) is 0 Å². The molecule has 9 heteroatoms. The number of ether oxygens (including phenoxy) is 3. The van der Waals surface area contributed by atoms with Crippen LogP contribution in [0.3, 0.4) is 0 Å². The summed E-state index contributed by atoms with van der Waals surface area (Å²) in [6.45, 7) is 3.47. The molecule has 0 aliphatic carbocycles. The number of benzene rings is 1. The molecule has 164 valence electrons. The van der Waals surface area contributed by atoms with Crippen LogP contribution in [0.15, 0.2) is 39.7 Å². The molecule has 0 bridgehead atoms. The minimum Gasteiger partial charge on any atom is -0.493 e. The number of thiocarbonyl (C=S) groups is 1. The van der Waals surface area contributed by atoms with Gasteiger partial charge in [-0.3, -0.25) is 9.69 Å². The number of hydrogen-bond donors (Lipinski definition) is 0. The van der Waals surface area contributed by atoms with Gasteiger partial charge in [0.2, 0.25) is 0 Å². The lowest BCUT2D eigenvalue weighted by Gasteiger charge is -2.26. The number of carbonyl (C=O) groups is 1. The van der Waals surface area contributed by atoms with Crippen molar-refractivity contribution in [1.82, 2.24) is 4.90 Å². The lowest BCUT2D eigenvalue weighted by atomic mass is 10.1. The zero-order valence-electron chi connectivity index (χ0n) is 17.5. The van der Waals surface area contributed by atoms with E-state index in [0.29, 0.717) is 52.7 Å². The number of rotatable bonds is 7. The number of methoxy groups -OCH3 is 2. The molecule has 0 N–H and O–H groups in total. The summed E-state index contributed by atoms with van der Waals surface area (Å²) in [6, 6.07) is 9.55. The molecule has 0 radical (unpaired) electrons. The van der Waals surface area contributed by atoms with Gasteiger partial charge in [-0.15, -0.1) is 0 Å². The van der Waals surface area contributed by atoms with Crippen LogP contribution in [-0.2, 0) is 16.0 Å². The molecule has 2 aromatic rings. The number of anilines is 1. The molecule has 2 fully saturated rings. The molecule has 2 aliphatic rings. The van der Waals surface area contributed by atoms with Crippen molar-refractivity contribution in [3.05, 3.63) is 46.6 Å². The summed E-state index contributed by atoms with van der Waals surface area (Å²) >= 11 is 6.75. The fourth-order valence-electron chi connectivity index (χ4n) is 3.47. The maximum absolute atomic E-state index is 12.9. The number of nitrogens with zero attached hydrogens (tertiary/aromatic N) is 2. The van der Waals surface area contributed by atoms with E-state index in [2.05, 4.69) is 4.90 Å². The molecule has 0 atom stereocenters. The van der Waals surface area contributed by atoms with Gasteiger partial charge in [-0.05, 0) is 30.2 Å². The van der Waals surface area contributed by atoms with Crippen LogP contribution in [0.25, 0.3) is 6.08 Å². The van der Waals surface area contributed by atoms with Crippen molar-refractivity contribution in [3.8, 4) is 11.5 Å². The molecular formula is C22H24N2O5S2. The Kier molecular flexibility index (Phi) is 6.84. The fraction of sp³-hybridized carbons (Fsp3) is 0.364. The van der Waals surface area contributed by atoms with Crippen LogP contribution < -0.4 is 14.4 Å². The Balaban J connectivity index is 1.41. The molecule has 31 heavy (non-hydrogen) atoms.